The molecule has 200 valence electrons. The number of carbonyl (C=O) groups is 1. The molecule has 2 aliphatic rings. The second-order valence-corrected chi connectivity index (χ2v) is 11.4. The van der Waals surface area contributed by atoms with Gasteiger partial charge in [0, 0.05) is 23.7 Å². The number of rotatable bonds is 6. The van der Waals surface area contributed by atoms with E-state index in [-0.39, 0.29) is 5.92 Å². The second kappa shape index (κ2) is 16.9. The summed E-state index contributed by atoms with van der Waals surface area (Å²) in [7, 11) is 0. The molecule has 2 fully saturated rings. The van der Waals surface area contributed by atoms with Gasteiger partial charge in [-0.25, -0.2) is 0 Å². The first-order valence-electron chi connectivity index (χ1n) is 14.7. The maximum Gasteiger partial charge on any atom is 0.139 e. The van der Waals surface area contributed by atoms with Gasteiger partial charge in [0.05, 0.1) is 0 Å². The molecular weight excluding hydrogens is 458 g/mol. The Hall–Kier alpha value is -1.74. The molecule has 0 saturated heterocycles. The lowest BCUT2D eigenvalue weighted by Gasteiger charge is -2.21. The van der Waals surface area contributed by atoms with E-state index in [0.29, 0.717) is 23.5 Å². The van der Waals surface area contributed by atoms with Crippen molar-refractivity contribution in [3.8, 4) is 0 Å². The van der Waals surface area contributed by atoms with E-state index in [2.05, 4.69) is 61.3 Å². The lowest BCUT2D eigenvalue weighted by Crippen LogP contribution is -2.23. The molecule has 2 aromatic rings. The maximum atomic E-state index is 13.4. The van der Waals surface area contributed by atoms with Crippen LogP contribution in [0, 0.1) is 30.6 Å². The number of Topliss-reactive ketones (excluding diaryl/α,β-unsaturated/α-hetero) is 1. The summed E-state index contributed by atoms with van der Waals surface area (Å²) in [6.07, 6.45) is 15.8. The van der Waals surface area contributed by atoms with Crippen LogP contribution in [0.2, 0.25) is 0 Å². The summed E-state index contributed by atoms with van der Waals surface area (Å²) in [5, 5.41) is 4.35. The maximum absolute atomic E-state index is 13.4. The van der Waals surface area contributed by atoms with E-state index in [4.69, 9.17) is 0 Å². The van der Waals surface area contributed by atoms with Crippen LogP contribution in [0.25, 0.3) is 5.57 Å². The van der Waals surface area contributed by atoms with Crippen LogP contribution in [0.15, 0.2) is 41.7 Å². The molecule has 0 N–H and O–H groups in total. The number of nitrogens with zero attached hydrogens (tertiary/aromatic N) is 1. The first-order valence-corrected chi connectivity index (χ1v) is 15.6. The van der Waals surface area contributed by atoms with Crippen LogP contribution in [-0.2, 0) is 11.2 Å². The topological polar surface area (TPSA) is 30.0 Å². The predicted molar refractivity (Wildman–Crippen MR) is 158 cm³/mol. The average Bonchev–Trinajstić information content (AvgIpc) is 3.17. The molecular formula is C33H51NOS. The van der Waals surface area contributed by atoms with Crippen molar-refractivity contribution in [3.05, 3.63) is 58.6 Å². The number of aromatic nitrogens is 1. The lowest BCUT2D eigenvalue weighted by atomic mass is 9.82. The van der Waals surface area contributed by atoms with Crippen molar-refractivity contribution in [2.45, 2.75) is 112 Å². The van der Waals surface area contributed by atoms with Crippen LogP contribution in [0.1, 0.15) is 115 Å². The van der Waals surface area contributed by atoms with E-state index in [1.807, 2.05) is 20.0 Å². The Balaban J connectivity index is 0.000000850. The highest BCUT2D eigenvalue weighted by Crippen LogP contribution is 2.39. The zero-order valence-electron chi connectivity index (χ0n) is 23.7. The molecule has 4 rings (SSSR count). The quantitative estimate of drug-likeness (QED) is 0.362. The third-order valence-corrected chi connectivity index (χ3v) is 8.42. The zero-order chi connectivity index (χ0) is 26.3. The van der Waals surface area contributed by atoms with Gasteiger partial charge in [0.2, 0.25) is 0 Å². The molecule has 0 amide bonds. The van der Waals surface area contributed by atoms with Gasteiger partial charge in [0.1, 0.15) is 5.78 Å². The smallest absolute Gasteiger partial charge is 0.139 e. The number of aryl methyl sites for hydroxylation is 1. The molecule has 2 heterocycles. The van der Waals surface area contributed by atoms with Gasteiger partial charge in [-0.1, -0.05) is 60.0 Å². The highest BCUT2D eigenvalue weighted by molar-refractivity contribution is 7.08. The van der Waals surface area contributed by atoms with Crippen molar-refractivity contribution in [2.24, 2.45) is 23.7 Å². The predicted octanol–water partition coefficient (Wildman–Crippen LogP) is 10.1. The first kappa shape index (κ1) is 30.5. The van der Waals surface area contributed by atoms with Gasteiger partial charge in [0.25, 0.3) is 0 Å². The fourth-order valence-electron chi connectivity index (χ4n) is 5.88. The zero-order valence-corrected chi connectivity index (χ0v) is 24.5. The molecule has 0 bridgehead atoms. The molecule has 2 nitrogen and oxygen atoms in total. The summed E-state index contributed by atoms with van der Waals surface area (Å²) < 4.78 is 0. The third-order valence-electron chi connectivity index (χ3n) is 7.73. The van der Waals surface area contributed by atoms with E-state index in [1.54, 1.807) is 11.3 Å². The van der Waals surface area contributed by atoms with E-state index in [9.17, 15) is 4.79 Å². The summed E-state index contributed by atoms with van der Waals surface area (Å²) in [5.74, 6) is 2.43. The monoisotopic (exact) mass is 509 g/mol. The van der Waals surface area contributed by atoms with Crippen molar-refractivity contribution >= 4 is 22.7 Å². The van der Waals surface area contributed by atoms with Crippen LogP contribution in [-0.4, -0.2) is 10.8 Å². The van der Waals surface area contributed by atoms with Crippen molar-refractivity contribution < 1.29 is 4.79 Å². The molecule has 3 heteroatoms. The normalized spacial score (nSPS) is 24.1. The van der Waals surface area contributed by atoms with Gasteiger partial charge >= 0.3 is 0 Å². The van der Waals surface area contributed by atoms with Gasteiger partial charge in [-0.2, -0.15) is 11.3 Å². The molecule has 4 atom stereocenters. The standard InChI is InChI=1S/C28H37NOS.C3H8.C2H6/c1-20-17-23(13-15-29-20)18-22-5-3-7-25(10-9-22)28(30)26-8-4-6-24(11-12-26)21(2)27-14-16-31-19-27;1-3-2;1-2/h13-17,19,22,24-26H,2-12,18H2,1H3;3H2,1-2H3;1-2H3. The molecule has 36 heavy (non-hydrogen) atoms. The van der Waals surface area contributed by atoms with Crippen LogP contribution < -0.4 is 0 Å². The minimum absolute atomic E-state index is 0.282. The Bertz CT molecular complexity index is 887. The average molecular weight is 510 g/mol. The van der Waals surface area contributed by atoms with Gasteiger partial charge in [0.15, 0.2) is 0 Å². The van der Waals surface area contributed by atoms with Gasteiger partial charge < -0.3 is 0 Å². The number of carbonyl (C=O) groups excluding carboxylic acids is 1. The summed E-state index contributed by atoms with van der Waals surface area (Å²) in [4.78, 5) is 17.8. The number of hydrogen-bond donors (Lipinski definition) is 0. The highest BCUT2D eigenvalue weighted by atomic mass is 32.1. The Kier molecular flexibility index (Phi) is 14.3. The first-order chi connectivity index (χ1) is 17.5. The number of hydrogen-bond acceptors (Lipinski definition) is 3. The Morgan fingerprint density at radius 1 is 0.944 bits per heavy atom. The van der Waals surface area contributed by atoms with Crippen molar-refractivity contribution in [2.75, 3.05) is 0 Å². The van der Waals surface area contributed by atoms with E-state index in [1.165, 1.54) is 55.2 Å². The van der Waals surface area contributed by atoms with Crippen molar-refractivity contribution in [1.29, 1.82) is 0 Å². The van der Waals surface area contributed by atoms with Crippen LogP contribution in [0.3, 0.4) is 0 Å². The fourth-order valence-corrected chi connectivity index (χ4v) is 6.56. The molecule has 4 unspecified atom stereocenters. The number of allylic oxidation sites excluding steroid dienone is 1. The van der Waals surface area contributed by atoms with E-state index >= 15 is 0 Å². The molecule has 2 aromatic heterocycles. The number of ketones is 1. The molecule has 0 aliphatic heterocycles. The SMILES string of the molecule is C=C(c1ccsc1)C1CCCC(C(=O)C2CCCC(Cc3ccnc(C)c3)CC2)CC1.CC.CCC. The Labute approximate surface area is 226 Å². The second-order valence-electron chi connectivity index (χ2n) is 10.6. The van der Waals surface area contributed by atoms with Crippen molar-refractivity contribution in [1.82, 2.24) is 4.98 Å². The van der Waals surface area contributed by atoms with Gasteiger partial charge in [-0.15, -0.1) is 0 Å². The largest absolute Gasteiger partial charge is 0.299 e. The van der Waals surface area contributed by atoms with E-state index in [0.717, 1.165) is 44.2 Å². The van der Waals surface area contributed by atoms with Crippen molar-refractivity contribution in [3.63, 3.8) is 0 Å². The van der Waals surface area contributed by atoms with Crippen LogP contribution >= 0.6 is 11.3 Å². The third kappa shape index (κ3) is 9.61. The summed E-state index contributed by atoms with van der Waals surface area (Å²) in [6, 6.07) is 6.57. The Morgan fingerprint density at radius 3 is 2.19 bits per heavy atom. The van der Waals surface area contributed by atoms with E-state index < -0.39 is 0 Å². The fraction of sp³-hybridized carbons (Fsp3) is 0.636. The molecule has 2 aliphatic carbocycles. The number of thiophene rings is 1. The Morgan fingerprint density at radius 2 is 1.56 bits per heavy atom. The van der Waals surface area contributed by atoms with Crippen LogP contribution in [0.4, 0.5) is 0 Å². The van der Waals surface area contributed by atoms with Gasteiger partial charge in [-0.05, 0) is 116 Å². The molecule has 2 saturated carbocycles. The molecule has 0 aromatic carbocycles. The number of pyridine rings is 1. The summed E-state index contributed by atoms with van der Waals surface area (Å²) in [5.41, 5.74) is 5.10. The molecule has 0 spiro atoms. The minimum Gasteiger partial charge on any atom is -0.299 e. The van der Waals surface area contributed by atoms with Gasteiger partial charge in [-0.3, -0.25) is 9.78 Å². The minimum atomic E-state index is 0.282. The highest BCUT2D eigenvalue weighted by Gasteiger charge is 2.31. The lowest BCUT2D eigenvalue weighted by molar-refractivity contribution is -0.127. The summed E-state index contributed by atoms with van der Waals surface area (Å²) >= 11 is 1.75. The van der Waals surface area contributed by atoms with Crippen LogP contribution in [0.5, 0.6) is 0 Å². The molecule has 0 radical (unpaired) electrons. The summed E-state index contributed by atoms with van der Waals surface area (Å²) in [6.45, 7) is 14.7.